The molecule has 0 radical (unpaired) electrons. The molecule has 2 heteroatoms. The van der Waals surface area contributed by atoms with E-state index in [2.05, 4.69) is 18.7 Å². The SMILES string of the molecule is CC1(C)[C@H](N)[C@H]1CCN1CCCC1. The van der Waals surface area contributed by atoms with E-state index in [4.69, 9.17) is 5.73 Å². The standard InChI is InChI=1S/C11H22N2/c1-11(2)9(10(11)12)5-8-13-6-3-4-7-13/h9-10H,3-8,12H2,1-2H3/t9-,10-/m1/s1. The Bertz CT molecular complexity index is 183. The van der Waals surface area contributed by atoms with Gasteiger partial charge in [0.2, 0.25) is 0 Å². The van der Waals surface area contributed by atoms with E-state index in [1.807, 2.05) is 0 Å². The van der Waals surface area contributed by atoms with Crippen LogP contribution in [0.2, 0.25) is 0 Å². The summed E-state index contributed by atoms with van der Waals surface area (Å²) in [5, 5.41) is 0. The van der Waals surface area contributed by atoms with Gasteiger partial charge in [-0.3, -0.25) is 0 Å². The lowest BCUT2D eigenvalue weighted by molar-refractivity contribution is 0.317. The van der Waals surface area contributed by atoms with Crippen LogP contribution in [0.4, 0.5) is 0 Å². The highest BCUT2D eigenvalue weighted by atomic mass is 15.1. The Morgan fingerprint density at radius 2 is 1.85 bits per heavy atom. The van der Waals surface area contributed by atoms with Crippen LogP contribution in [0.3, 0.4) is 0 Å². The molecule has 2 atom stereocenters. The van der Waals surface area contributed by atoms with Crippen molar-refractivity contribution in [3.05, 3.63) is 0 Å². The van der Waals surface area contributed by atoms with Gasteiger partial charge in [0, 0.05) is 6.04 Å². The van der Waals surface area contributed by atoms with E-state index >= 15 is 0 Å². The van der Waals surface area contributed by atoms with Crippen LogP contribution in [0.5, 0.6) is 0 Å². The lowest BCUT2D eigenvalue weighted by atomic mass is 10.1. The van der Waals surface area contributed by atoms with Crippen LogP contribution in [0.15, 0.2) is 0 Å². The Morgan fingerprint density at radius 3 is 2.31 bits per heavy atom. The molecule has 1 aliphatic carbocycles. The molecule has 2 rings (SSSR count). The van der Waals surface area contributed by atoms with Gasteiger partial charge in [0.15, 0.2) is 0 Å². The minimum atomic E-state index is 0.430. The Balaban J connectivity index is 1.69. The van der Waals surface area contributed by atoms with E-state index in [1.54, 1.807) is 0 Å². The molecule has 0 unspecified atom stereocenters. The minimum absolute atomic E-state index is 0.430. The topological polar surface area (TPSA) is 29.3 Å². The van der Waals surface area contributed by atoms with Crippen molar-refractivity contribution in [2.45, 2.75) is 39.2 Å². The quantitative estimate of drug-likeness (QED) is 0.716. The molecular formula is C11H22N2. The lowest BCUT2D eigenvalue weighted by Crippen LogP contribution is -2.21. The Kier molecular flexibility index (Phi) is 2.37. The van der Waals surface area contributed by atoms with Crippen molar-refractivity contribution < 1.29 is 0 Å². The van der Waals surface area contributed by atoms with E-state index in [0.717, 1.165) is 5.92 Å². The van der Waals surface area contributed by atoms with Gasteiger partial charge in [-0.2, -0.15) is 0 Å². The smallest absolute Gasteiger partial charge is 0.0128 e. The highest BCUT2D eigenvalue weighted by molar-refractivity contribution is 5.08. The minimum Gasteiger partial charge on any atom is -0.327 e. The third-order valence-corrected chi connectivity index (χ3v) is 4.09. The van der Waals surface area contributed by atoms with E-state index < -0.39 is 0 Å². The lowest BCUT2D eigenvalue weighted by Gasteiger charge is -2.14. The van der Waals surface area contributed by atoms with E-state index in [0.29, 0.717) is 11.5 Å². The molecule has 13 heavy (non-hydrogen) atoms. The molecule has 1 saturated heterocycles. The van der Waals surface area contributed by atoms with Crippen molar-refractivity contribution in [3.63, 3.8) is 0 Å². The summed E-state index contributed by atoms with van der Waals surface area (Å²) >= 11 is 0. The van der Waals surface area contributed by atoms with Gasteiger partial charge in [0.1, 0.15) is 0 Å². The fraction of sp³-hybridized carbons (Fsp3) is 1.00. The van der Waals surface area contributed by atoms with Gasteiger partial charge in [0.05, 0.1) is 0 Å². The predicted octanol–water partition coefficient (Wildman–Crippen LogP) is 1.46. The van der Waals surface area contributed by atoms with Crippen LogP contribution in [0.1, 0.15) is 33.1 Å². The van der Waals surface area contributed by atoms with Crippen molar-refractivity contribution in [2.75, 3.05) is 19.6 Å². The number of hydrogen-bond acceptors (Lipinski definition) is 2. The molecular weight excluding hydrogens is 160 g/mol. The van der Waals surface area contributed by atoms with Gasteiger partial charge < -0.3 is 10.6 Å². The molecule has 1 saturated carbocycles. The molecule has 1 heterocycles. The van der Waals surface area contributed by atoms with E-state index in [1.165, 1.54) is 38.9 Å². The summed E-state index contributed by atoms with van der Waals surface area (Å²) in [5.74, 6) is 0.785. The largest absolute Gasteiger partial charge is 0.327 e. The summed E-state index contributed by atoms with van der Waals surface area (Å²) < 4.78 is 0. The summed E-state index contributed by atoms with van der Waals surface area (Å²) in [6.07, 6.45) is 4.12. The zero-order valence-electron chi connectivity index (χ0n) is 8.92. The number of rotatable bonds is 3. The normalized spacial score (nSPS) is 38.1. The van der Waals surface area contributed by atoms with Gasteiger partial charge in [-0.05, 0) is 50.2 Å². The molecule has 1 aliphatic heterocycles. The van der Waals surface area contributed by atoms with Gasteiger partial charge in [-0.1, -0.05) is 13.8 Å². The van der Waals surface area contributed by atoms with Crippen molar-refractivity contribution in [3.8, 4) is 0 Å². The van der Waals surface area contributed by atoms with Crippen LogP contribution in [0.25, 0.3) is 0 Å². The van der Waals surface area contributed by atoms with Crippen molar-refractivity contribution in [2.24, 2.45) is 17.1 Å². The molecule has 0 aromatic heterocycles. The number of hydrogen-bond donors (Lipinski definition) is 1. The molecule has 0 aromatic carbocycles. The van der Waals surface area contributed by atoms with Gasteiger partial charge in [0.25, 0.3) is 0 Å². The first-order chi connectivity index (χ1) is 6.12. The summed E-state index contributed by atoms with van der Waals surface area (Å²) in [6.45, 7) is 8.52. The summed E-state index contributed by atoms with van der Waals surface area (Å²) in [5.41, 5.74) is 6.44. The third-order valence-electron chi connectivity index (χ3n) is 4.09. The molecule has 0 spiro atoms. The summed E-state index contributed by atoms with van der Waals surface area (Å²) in [6, 6.07) is 0.468. The fourth-order valence-electron chi connectivity index (χ4n) is 2.67. The molecule has 2 aliphatic rings. The Hall–Kier alpha value is -0.0800. The average molecular weight is 182 g/mol. The van der Waals surface area contributed by atoms with E-state index in [9.17, 15) is 0 Å². The van der Waals surface area contributed by atoms with Crippen LogP contribution in [-0.2, 0) is 0 Å². The average Bonchev–Trinajstić information content (AvgIpc) is 2.57. The van der Waals surface area contributed by atoms with Crippen LogP contribution in [0, 0.1) is 11.3 Å². The monoisotopic (exact) mass is 182 g/mol. The first-order valence-electron chi connectivity index (χ1n) is 5.60. The second-order valence-electron chi connectivity index (χ2n) is 5.29. The third kappa shape index (κ3) is 1.75. The number of likely N-dealkylation sites (tertiary alicyclic amines) is 1. The fourth-order valence-corrected chi connectivity index (χ4v) is 2.67. The maximum absolute atomic E-state index is 6.01. The number of nitrogens with zero attached hydrogens (tertiary/aromatic N) is 1. The molecule has 2 nitrogen and oxygen atoms in total. The first kappa shape index (κ1) is 9.47. The highest BCUT2D eigenvalue weighted by Gasteiger charge is 2.54. The van der Waals surface area contributed by atoms with Crippen molar-refractivity contribution in [1.82, 2.24) is 4.90 Å². The van der Waals surface area contributed by atoms with Crippen LogP contribution >= 0.6 is 0 Å². The van der Waals surface area contributed by atoms with Crippen LogP contribution < -0.4 is 5.73 Å². The molecule has 0 bridgehead atoms. The molecule has 2 fully saturated rings. The van der Waals surface area contributed by atoms with Crippen LogP contribution in [-0.4, -0.2) is 30.6 Å². The second-order valence-corrected chi connectivity index (χ2v) is 5.29. The Morgan fingerprint density at radius 1 is 1.31 bits per heavy atom. The predicted molar refractivity (Wildman–Crippen MR) is 55.5 cm³/mol. The highest BCUT2D eigenvalue weighted by Crippen LogP contribution is 2.52. The zero-order chi connectivity index (χ0) is 9.47. The van der Waals surface area contributed by atoms with Crippen molar-refractivity contribution >= 4 is 0 Å². The molecule has 2 N–H and O–H groups in total. The van der Waals surface area contributed by atoms with Crippen molar-refractivity contribution in [1.29, 1.82) is 0 Å². The second kappa shape index (κ2) is 3.25. The molecule has 0 aromatic rings. The van der Waals surface area contributed by atoms with E-state index in [-0.39, 0.29) is 0 Å². The molecule has 76 valence electrons. The summed E-state index contributed by atoms with van der Waals surface area (Å²) in [4.78, 5) is 2.58. The van der Waals surface area contributed by atoms with Gasteiger partial charge >= 0.3 is 0 Å². The van der Waals surface area contributed by atoms with Gasteiger partial charge in [-0.25, -0.2) is 0 Å². The van der Waals surface area contributed by atoms with Gasteiger partial charge in [-0.15, -0.1) is 0 Å². The number of nitrogens with two attached hydrogens (primary N) is 1. The first-order valence-corrected chi connectivity index (χ1v) is 5.60. The Labute approximate surface area is 81.5 Å². The zero-order valence-corrected chi connectivity index (χ0v) is 8.92. The molecule has 0 amide bonds. The maximum atomic E-state index is 6.01. The summed E-state index contributed by atoms with van der Waals surface area (Å²) in [7, 11) is 0. The maximum Gasteiger partial charge on any atom is 0.0128 e.